The first-order chi connectivity index (χ1) is 26.9. The summed E-state index contributed by atoms with van der Waals surface area (Å²) in [6.07, 6.45) is 0. The van der Waals surface area contributed by atoms with Gasteiger partial charge in [0, 0.05) is 47.8 Å². The third-order valence-corrected chi connectivity index (χ3v) is 11.8. The van der Waals surface area contributed by atoms with Crippen molar-refractivity contribution in [3.8, 4) is 50.7 Å². The minimum absolute atomic E-state index is 0.156. The second-order valence-electron chi connectivity index (χ2n) is 13.7. The summed E-state index contributed by atoms with van der Waals surface area (Å²) in [7, 11) is 32.0. The standard InChI is InChI=1S/C46H24B5N3S/c47-39-38(40(48)42(50)43(51)41(39)49)35-24-34(52-46(53-35)25-11-3-1-4-12-25)32-19-10-18-31-30-17-9-16-28(44(30)55-45(31)32)26-21-22-37-33(23-26)29-15-7-8-20-36(29)54(37)27-13-5-2-6-14-27/h1-24H. The van der Waals surface area contributed by atoms with Crippen LogP contribution in [0.2, 0.25) is 0 Å². The summed E-state index contributed by atoms with van der Waals surface area (Å²) in [6.45, 7) is 0. The molecule has 244 valence electrons. The lowest BCUT2D eigenvalue weighted by molar-refractivity contribution is 1.18. The molecular formula is C46H24B5N3S. The summed E-state index contributed by atoms with van der Waals surface area (Å²) >= 11 is 1.76. The van der Waals surface area contributed by atoms with E-state index < -0.39 is 0 Å². The van der Waals surface area contributed by atoms with E-state index >= 15 is 0 Å². The van der Waals surface area contributed by atoms with Gasteiger partial charge >= 0.3 is 0 Å². The van der Waals surface area contributed by atoms with Gasteiger partial charge < -0.3 is 4.57 Å². The van der Waals surface area contributed by atoms with Crippen LogP contribution in [0.3, 0.4) is 0 Å². The molecule has 0 aliphatic rings. The van der Waals surface area contributed by atoms with Crippen molar-refractivity contribution in [2.75, 3.05) is 0 Å². The van der Waals surface area contributed by atoms with E-state index in [-0.39, 0.29) is 27.3 Å². The van der Waals surface area contributed by atoms with Gasteiger partial charge in [-0.3, -0.25) is 0 Å². The lowest BCUT2D eigenvalue weighted by atomic mass is 9.60. The molecule has 0 N–H and O–H groups in total. The molecule has 3 nitrogen and oxygen atoms in total. The van der Waals surface area contributed by atoms with Crippen LogP contribution in [0.4, 0.5) is 0 Å². The van der Waals surface area contributed by atoms with Crippen LogP contribution in [0.25, 0.3) is 92.7 Å². The van der Waals surface area contributed by atoms with Gasteiger partial charge in [-0.15, -0.1) is 27.7 Å². The zero-order chi connectivity index (χ0) is 37.4. The quantitative estimate of drug-likeness (QED) is 0.190. The highest BCUT2D eigenvalue weighted by atomic mass is 32.1. The molecule has 7 aromatic carbocycles. The van der Waals surface area contributed by atoms with Gasteiger partial charge in [-0.05, 0) is 53.1 Å². The van der Waals surface area contributed by atoms with Gasteiger partial charge in [-0.25, -0.2) is 9.97 Å². The largest absolute Gasteiger partial charge is 0.309 e. The van der Waals surface area contributed by atoms with Gasteiger partial charge in [0.1, 0.15) is 39.2 Å². The number of hydrogen-bond donors (Lipinski definition) is 0. The molecule has 0 aliphatic carbocycles. The molecule has 10 rings (SSSR count). The fraction of sp³-hybridized carbons (Fsp3) is 0. The highest BCUT2D eigenvalue weighted by molar-refractivity contribution is 7.26. The second-order valence-corrected chi connectivity index (χ2v) is 14.7. The Bertz CT molecular complexity index is 3130. The molecule has 0 atom stereocenters. The fourth-order valence-electron chi connectivity index (χ4n) is 7.80. The molecule has 0 bridgehead atoms. The van der Waals surface area contributed by atoms with Gasteiger partial charge in [-0.2, -0.15) is 0 Å². The maximum absolute atomic E-state index is 6.57. The number of fused-ring (bicyclic) bond motifs is 6. The molecule has 3 heterocycles. The van der Waals surface area contributed by atoms with Gasteiger partial charge in [0.05, 0.1) is 22.4 Å². The number of aromatic nitrogens is 3. The van der Waals surface area contributed by atoms with Gasteiger partial charge in [0.15, 0.2) is 5.82 Å². The molecule has 0 fully saturated rings. The Balaban J connectivity index is 1.18. The van der Waals surface area contributed by atoms with E-state index in [9.17, 15) is 0 Å². The molecule has 0 aliphatic heterocycles. The van der Waals surface area contributed by atoms with Crippen LogP contribution in [0.5, 0.6) is 0 Å². The molecule has 10 aromatic rings. The van der Waals surface area contributed by atoms with Gasteiger partial charge in [0.25, 0.3) is 0 Å². The Morgan fingerprint density at radius 3 is 1.71 bits per heavy atom. The van der Waals surface area contributed by atoms with E-state index in [1.807, 2.05) is 36.4 Å². The maximum atomic E-state index is 6.57. The van der Waals surface area contributed by atoms with E-state index in [1.54, 1.807) is 11.3 Å². The van der Waals surface area contributed by atoms with Crippen LogP contribution in [-0.4, -0.2) is 53.8 Å². The third-order valence-electron chi connectivity index (χ3n) is 10.5. The van der Waals surface area contributed by atoms with Crippen LogP contribution in [0.1, 0.15) is 0 Å². The zero-order valence-electron chi connectivity index (χ0n) is 29.5. The molecule has 0 saturated carbocycles. The van der Waals surface area contributed by atoms with Crippen LogP contribution < -0.4 is 27.3 Å². The second kappa shape index (κ2) is 13.1. The highest BCUT2D eigenvalue weighted by Crippen LogP contribution is 2.45. The number of rotatable bonds is 5. The lowest BCUT2D eigenvalue weighted by Gasteiger charge is -2.21. The van der Waals surface area contributed by atoms with Crippen molar-refractivity contribution in [1.82, 2.24) is 14.5 Å². The molecule has 0 spiro atoms. The first-order valence-corrected chi connectivity index (χ1v) is 18.7. The molecular weight excluding hydrogens is 681 g/mol. The van der Waals surface area contributed by atoms with Crippen LogP contribution in [0, 0.1) is 0 Å². The molecule has 0 amide bonds. The van der Waals surface area contributed by atoms with Crippen LogP contribution in [-0.2, 0) is 0 Å². The van der Waals surface area contributed by atoms with E-state index in [1.165, 1.54) is 37.5 Å². The summed E-state index contributed by atoms with van der Waals surface area (Å²) in [5.74, 6) is 0.516. The Morgan fingerprint density at radius 1 is 0.418 bits per heavy atom. The maximum Gasteiger partial charge on any atom is 0.160 e. The SMILES string of the molecule is [B]c1c([B])c([B])c(-c2cc(-c3cccc4c3sc3c(-c5ccc6c(c5)c5ccccc5n6-c5ccccc5)cccc34)nc(-c3ccccc3)n2)c([B])c1[B]. The smallest absolute Gasteiger partial charge is 0.160 e. The Hall–Kier alpha value is -6.04. The van der Waals surface area contributed by atoms with Crippen molar-refractivity contribution in [1.29, 1.82) is 0 Å². The molecule has 10 radical (unpaired) electrons. The van der Waals surface area contributed by atoms with Crippen molar-refractivity contribution in [3.63, 3.8) is 0 Å². The summed E-state index contributed by atoms with van der Waals surface area (Å²) in [5.41, 5.74) is 10.2. The molecule has 0 saturated heterocycles. The van der Waals surface area contributed by atoms with E-state index in [4.69, 9.17) is 49.2 Å². The van der Waals surface area contributed by atoms with Crippen LogP contribution in [0.15, 0.2) is 146 Å². The Labute approximate surface area is 329 Å². The monoisotopic (exact) mass is 705 g/mol. The lowest BCUT2D eigenvalue weighted by Crippen LogP contribution is -2.55. The predicted octanol–water partition coefficient (Wildman–Crippen LogP) is 6.58. The molecule has 0 unspecified atom stereocenters. The highest BCUT2D eigenvalue weighted by Gasteiger charge is 2.20. The van der Waals surface area contributed by atoms with Gasteiger partial charge in [-0.1, -0.05) is 120 Å². The molecule has 9 heteroatoms. The molecule has 3 aromatic heterocycles. The minimum atomic E-state index is 0.156. The number of nitrogens with zero attached hydrogens (tertiary/aromatic N) is 3. The number of benzene rings is 7. The zero-order valence-corrected chi connectivity index (χ0v) is 30.3. The van der Waals surface area contributed by atoms with Crippen molar-refractivity contribution < 1.29 is 0 Å². The van der Waals surface area contributed by atoms with Crippen molar-refractivity contribution in [2.24, 2.45) is 0 Å². The van der Waals surface area contributed by atoms with E-state index in [2.05, 4.69) is 114 Å². The normalized spacial score (nSPS) is 11.6. The van der Waals surface area contributed by atoms with E-state index in [0.29, 0.717) is 22.8 Å². The first kappa shape index (κ1) is 33.5. The third kappa shape index (κ3) is 5.32. The number of para-hydroxylation sites is 2. The number of hydrogen-bond acceptors (Lipinski definition) is 3. The van der Waals surface area contributed by atoms with Gasteiger partial charge in [0.2, 0.25) is 0 Å². The van der Waals surface area contributed by atoms with Crippen LogP contribution >= 0.6 is 11.3 Å². The number of thiophene rings is 1. The minimum Gasteiger partial charge on any atom is -0.309 e. The fourth-order valence-corrected chi connectivity index (χ4v) is 9.16. The Kier molecular flexibility index (Phi) is 7.97. The molecule has 55 heavy (non-hydrogen) atoms. The summed E-state index contributed by atoms with van der Waals surface area (Å²) in [4.78, 5) is 10.1. The van der Waals surface area contributed by atoms with Crippen molar-refractivity contribution in [3.05, 3.63) is 146 Å². The summed E-state index contributed by atoms with van der Waals surface area (Å²) < 4.78 is 4.64. The average molecular weight is 705 g/mol. The van der Waals surface area contributed by atoms with E-state index in [0.717, 1.165) is 32.5 Å². The average Bonchev–Trinajstić information content (AvgIpc) is 3.78. The Morgan fingerprint density at radius 2 is 0.982 bits per heavy atom. The summed E-state index contributed by atoms with van der Waals surface area (Å²) in [6, 6.07) is 50.6. The topological polar surface area (TPSA) is 30.7 Å². The predicted molar refractivity (Wildman–Crippen MR) is 238 cm³/mol. The first-order valence-electron chi connectivity index (χ1n) is 17.9. The van der Waals surface area contributed by atoms with Crippen molar-refractivity contribution >= 4 is 120 Å². The summed E-state index contributed by atoms with van der Waals surface area (Å²) in [5, 5.41) is 4.74. The van der Waals surface area contributed by atoms with Crippen molar-refractivity contribution in [2.45, 2.75) is 0 Å².